The van der Waals surface area contributed by atoms with Crippen molar-refractivity contribution in [1.82, 2.24) is 20.1 Å². The molecule has 0 amide bonds. The third-order valence-electron chi connectivity index (χ3n) is 4.44. The predicted molar refractivity (Wildman–Crippen MR) is 87.0 cm³/mol. The number of rotatable bonds is 6. The highest BCUT2D eigenvalue weighted by atomic mass is 35.5. The number of nitrogens with zero attached hydrogens (tertiary/aromatic N) is 3. The van der Waals surface area contributed by atoms with E-state index in [1.807, 2.05) is 4.68 Å². The zero-order valence-electron chi connectivity index (χ0n) is 13.2. The van der Waals surface area contributed by atoms with E-state index in [-0.39, 0.29) is 6.04 Å². The van der Waals surface area contributed by atoms with Crippen molar-refractivity contribution in [3.8, 4) is 0 Å². The zero-order valence-corrected chi connectivity index (χ0v) is 13.9. The Morgan fingerprint density at radius 2 is 2.05 bits per heavy atom. The Kier molecular flexibility index (Phi) is 6.48. The van der Waals surface area contributed by atoms with Gasteiger partial charge in [-0.25, -0.2) is 0 Å². The Morgan fingerprint density at radius 3 is 2.62 bits per heavy atom. The van der Waals surface area contributed by atoms with Gasteiger partial charge in [0.1, 0.15) is 0 Å². The highest BCUT2D eigenvalue weighted by Crippen LogP contribution is 2.35. The summed E-state index contributed by atoms with van der Waals surface area (Å²) in [5, 5.41) is 5.16. The van der Waals surface area contributed by atoms with E-state index in [2.05, 4.69) is 29.5 Å². The van der Waals surface area contributed by atoms with Gasteiger partial charge in [0, 0.05) is 6.54 Å². The Balaban J connectivity index is 2.17. The molecule has 1 unspecified atom stereocenters. The first-order valence-electron chi connectivity index (χ1n) is 7.95. The molecule has 0 spiro atoms. The Hall–Kier alpha value is -0.620. The number of hydrazine groups is 1. The van der Waals surface area contributed by atoms with Crippen molar-refractivity contribution in [1.29, 1.82) is 0 Å². The quantitative estimate of drug-likeness (QED) is 0.481. The Bertz CT molecular complexity index is 424. The molecule has 1 aromatic rings. The molecule has 2 rings (SSSR count). The first-order chi connectivity index (χ1) is 10.1. The molecule has 21 heavy (non-hydrogen) atoms. The van der Waals surface area contributed by atoms with E-state index < -0.39 is 0 Å². The minimum Gasteiger partial charge on any atom is -0.308 e. The third-order valence-corrected chi connectivity index (χ3v) is 4.73. The van der Waals surface area contributed by atoms with Crippen LogP contribution < -0.4 is 11.3 Å². The van der Waals surface area contributed by atoms with Crippen molar-refractivity contribution in [2.75, 3.05) is 20.6 Å². The molecule has 0 radical (unpaired) electrons. The monoisotopic (exact) mass is 313 g/mol. The highest BCUT2D eigenvalue weighted by molar-refractivity contribution is 6.31. The van der Waals surface area contributed by atoms with Crippen LogP contribution >= 0.6 is 11.6 Å². The molecular formula is C15H28ClN5. The molecule has 0 aromatic carbocycles. The van der Waals surface area contributed by atoms with Crippen molar-refractivity contribution >= 4 is 11.6 Å². The van der Waals surface area contributed by atoms with Crippen LogP contribution in [0.1, 0.15) is 50.3 Å². The predicted octanol–water partition coefficient (Wildman–Crippen LogP) is 2.57. The first kappa shape index (κ1) is 16.7. The summed E-state index contributed by atoms with van der Waals surface area (Å²) in [7, 11) is 4.13. The van der Waals surface area contributed by atoms with Crippen molar-refractivity contribution in [2.45, 2.75) is 51.1 Å². The molecule has 1 aliphatic carbocycles. The topological polar surface area (TPSA) is 59.1 Å². The molecule has 1 heterocycles. The normalized spacial score (nSPS) is 18.9. The summed E-state index contributed by atoms with van der Waals surface area (Å²) >= 11 is 6.40. The Morgan fingerprint density at radius 1 is 1.38 bits per heavy atom. The van der Waals surface area contributed by atoms with Crippen molar-refractivity contribution in [3.63, 3.8) is 0 Å². The van der Waals surface area contributed by atoms with Crippen LogP contribution in [0.5, 0.6) is 0 Å². The second-order valence-electron chi connectivity index (χ2n) is 6.30. The molecule has 1 atom stereocenters. The SMILES string of the molecule is CN(C)CCn1ncc(Cl)c1C(NN)C1CCCCCC1. The number of nitrogens with two attached hydrogens (primary N) is 1. The van der Waals surface area contributed by atoms with Gasteiger partial charge in [0.15, 0.2) is 0 Å². The summed E-state index contributed by atoms with van der Waals surface area (Å²) in [6.07, 6.45) is 9.41. The van der Waals surface area contributed by atoms with Crippen molar-refractivity contribution in [3.05, 3.63) is 16.9 Å². The van der Waals surface area contributed by atoms with Crippen LogP contribution in [0.2, 0.25) is 5.02 Å². The summed E-state index contributed by atoms with van der Waals surface area (Å²) in [5.41, 5.74) is 4.06. The van der Waals surface area contributed by atoms with Gasteiger partial charge in [0.05, 0.1) is 29.5 Å². The average Bonchev–Trinajstić information content (AvgIpc) is 2.68. The van der Waals surface area contributed by atoms with Gasteiger partial charge in [0.2, 0.25) is 0 Å². The standard InChI is InChI=1S/C15H28ClN5/c1-20(2)9-10-21-15(13(16)11-18-21)14(19-17)12-7-5-3-4-6-8-12/h11-12,14,19H,3-10,17H2,1-2H3. The van der Waals surface area contributed by atoms with Gasteiger partial charge in [0.25, 0.3) is 0 Å². The lowest BCUT2D eigenvalue weighted by Gasteiger charge is -2.27. The summed E-state index contributed by atoms with van der Waals surface area (Å²) in [5.74, 6) is 6.43. The van der Waals surface area contributed by atoms with Crippen LogP contribution in [0.3, 0.4) is 0 Å². The molecule has 0 saturated heterocycles. The van der Waals surface area contributed by atoms with Crippen LogP contribution in [0.25, 0.3) is 0 Å². The average molecular weight is 314 g/mol. The minimum absolute atomic E-state index is 0.0975. The molecule has 1 fully saturated rings. The first-order valence-corrected chi connectivity index (χ1v) is 8.33. The van der Waals surface area contributed by atoms with Crippen LogP contribution in [0, 0.1) is 5.92 Å². The molecule has 0 aliphatic heterocycles. The van der Waals surface area contributed by atoms with Gasteiger partial charge in [-0.2, -0.15) is 5.10 Å². The van der Waals surface area contributed by atoms with E-state index in [0.717, 1.165) is 23.8 Å². The van der Waals surface area contributed by atoms with E-state index in [1.54, 1.807) is 6.20 Å². The zero-order chi connectivity index (χ0) is 15.2. The summed E-state index contributed by atoms with van der Waals surface area (Å²) in [4.78, 5) is 2.15. The fraction of sp³-hybridized carbons (Fsp3) is 0.800. The third kappa shape index (κ3) is 4.42. The van der Waals surface area contributed by atoms with Crippen LogP contribution in [-0.4, -0.2) is 35.3 Å². The lowest BCUT2D eigenvalue weighted by atomic mass is 9.90. The lowest BCUT2D eigenvalue weighted by Crippen LogP contribution is -2.36. The van der Waals surface area contributed by atoms with Crippen LogP contribution in [0.15, 0.2) is 6.20 Å². The highest BCUT2D eigenvalue weighted by Gasteiger charge is 2.28. The van der Waals surface area contributed by atoms with E-state index >= 15 is 0 Å². The second kappa shape index (κ2) is 8.13. The van der Waals surface area contributed by atoms with Crippen molar-refractivity contribution < 1.29 is 0 Å². The smallest absolute Gasteiger partial charge is 0.0834 e. The lowest BCUT2D eigenvalue weighted by molar-refractivity contribution is 0.302. The van der Waals surface area contributed by atoms with Gasteiger partial charge in [-0.1, -0.05) is 37.3 Å². The molecule has 1 aromatic heterocycles. The van der Waals surface area contributed by atoms with Gasteiger partial charge in [-0.15, -0.1) is 0 Å². The minimum atomic E-state index is 0.0975. The molecular weight excluding hydrogens is 286 g/mol. The number of hydrogen-bond donors (Lipinski definition) is 2. The van der Waals surface area contributed by atoms with E-state index in [1.165, 1.54) is 38.5 Å². The largest absolute Gasteiger partial charge is 0.308 e. The number of halogens is 1. The number of hydrogen-bond acceptors (Lipinski definition) is 4. The van der Waals surface area contributed by atoms with Gasteiger partial charge >= 0.3 is 0 Å². The van der Waals surface area contributed by atoms with Gasteiger partial charge in [-0.05, 0) is 32.9 Å². The summed E-state index contributed by atoms with van der Waals surface area (Å²) < 4.78 is 2.01. The molecule has 1 saturated carbocycles. The summed E-state index contributed by atoms with van der Waals surface area (Å²) in [6.45, 7) is 1.77. The Labute approximate surface area is 132 Å². The van der Waals surface area contributed by atoms with E-state index in [4.69, 9.17) is 17.4 Å². The molecule has 1 aliphatic rings. The number of nitrogens with one attached hydrogen (secondary N) is 1. The fourth-order valence-corrected chi connectivity index (χ4v) is 3.50. The molecule has 5 nitrogen and oxygen atoms in total. The van der Waals surface area contributed by atoms with Gasteiger partial charge < -0.3 is 4.90 Å². The maximum absolute atomic E-state index is 6.40. The number of likely N-dealkylation sites (N-methyl/N-ethyl adjacent to an activating group) is 1. The maximum atomic E-state index is 6.40. The second-order valence-corrected chi connectivity index (χ2v) is 6.71. The van der Waals surface area contributed by atoms with E-state index in [9.17, 15) is 0 Å². The summed E-state index contributed by atoms with van der Waals surface area (Å²) in [6, 6.07) is 0.0975. The fourth-order valence-electron chi connectivity index (χ4n) is 3.24. The van der Waals surface area contributed by atoms with Crippen LogP contribution in [-0.2, 0) is 6.54 Å². The van der Waals surface area contributed by atoms with Crippen molar-refractivity contribution in [2.24, 2.45) is 11.8 Å². The van der Waals surface area contributed by atoms with E-state index in [0.29, 0.717) is 5.92 Å². The molecule has 0 bridgehead atoms. The molecule has 6 heteroatoms. The van der Waals surface area contributed by atoms with Crippen LogP contribution in [0.4, 0.5) is 0 Å². The number of aromatic nitrogens is 2. The molecule has 3 N–H and O–H groups in total. The molecule has 120 valence electrons. The maximum Gasteiger partial charge on any atom is 0.0834 e. The van der Waals surface area contributed by atoms with Gasteiger partial charge in [-0.3, -0.25) is 16.0 Å².